The van der Waals surface area contributed by atoms with Crippen molar-refractivity contribution in [1.29, 1.82) is 0 Å². The molecule has 0 fully saturated rings. The molecule has 0 bridgehead atoms. The Balaban J connectivity index is 2.96. The van der Waals surface area contributed by atoms with E-state index in [0.717, 1.165) is 9.99 Å². The van der Waals surface area contributed by atoms with Crippen LogP contribution in [0.1, 0.15) is 0 Å². The molecule has 11 heavy (non-hydrogen) atoms. The van der Waals surface area contributed by atoms with Crippen LogP contribution in [0.5, 0.6) is 0 Å². The van der Waals surface area contributed by atoms with Gasteiger partial charge in [-0.2, -0.15) is 5.10 Å². The number of pyridine rings is 1. The molecule has 0 aliphatic heterocycles. The van der Waals surface area contributed by atoms with Gasteiger partial charge in [0.15, 0.2) is 0 Å². The van der Waals surface area contributed by atoms with Gasteiger partial charge in [0.1, 0.15) is 0 Å². The number of aromatic nitrogens is 2. The predicted octanol–water partition coefficient (Wildman–Crippen LogP) is 2.75. The molecule has 0 atom stereocenters. The van der Waals surface area contributed by atoms with Crippen molar-refractivity contribution >= 4 is 33.0 Å². The van der Waals surface area contributed by atoms with E-state index in [0.29, 0.717) is 5.02 Å². The van der Waals surface area contributed by atoms with Crippen molar-refractivity contribution < 1.29 is 0 Å². The lowest BCUT2D eigenvalue weighted by atomic mass is 10.4. The maximum Gasteiger partial charge on any atom is 0.0990 e. The minimum Gasteiger partial charge on any atom is -0.238 e. The van der Waals surface area contributed by atoms with Gasteiger partial charge in [-0.15, -0.1) is 0 Å². The van der Waals surface area contributed by atoms with Gasteiger partial charge in [-0.1, -0.05) is 11.6 Å². The zero-order chi connectivity index (χ0) is 7.84. The highest BCUT2D eigenvalue weighted by Crippen LogP contribution is 2.24. The minimum atomic E-state index is 0.664. The minimum absolute atomic E-state index is 0.664. The first kappa shape index (κ1) is 7.13. The molecule has 0 N–H and O–H groups in total. The van der Waals surface area contributed by atoms with E-state index in [1.165, 1.54) is 0 Å². The van der Waals surface area contributed by atoms with Gasteiger partial charge in [0, 0.05) is 10.7 Å². The van der Waals surface area contributed by atoms with Crippen LogP contribution >= 0.6 is 27.5 Å². The van der Waals surface area contributed by atoms with Gasteiger partial charge in [0.05, 0.1) is 16.7 Å². The fraction of sp³-hybridized carbons (Fsp3) is 0. The highest BCUT2D eigenvalue weighted by molar-refractivity contribution is 9.10. The first-order valence-electron chi connectivity index (χ1n) is 3.06. The summed E-state index contributed by atoms with van der Waals surface area (Å²) in [6.07, 6.45) is 3.48. The van der Waals surface area contributed by atoms with E-state index < -0.39 is 0 Å². The summed E-state index contributed by atoms with van der Waals surface area (Å²) in [4.78, 5) is 0. The van der Waals surface area contributed by atoms with Gasteiger partial charge in [-0.3, -0.25) is 0 Å². The second-order valence-corrected chi connectivity index (χ2v) is 3.40. The summed E-state index contributed by atoms with van der Waals surface area (Å²) in [6, 6.07) is 3.84. The van der Waals surface area contributed by atoms with Crippen LogP contribution in [0.4, 0.5) is 0 Å². The summed E-state index contributed by atoms with van der Waals surface area (Å²) in [5, 5.41) is 4.70. The maximum absolute atomic E-state index is 5.86. The van der Waals surface area contributed by atoms with E-state index in [2.05, 4.69) is 21.0 Å². The Labute approximate surface area is 76.9 Å². The standard InChI is InChI=1S/C7H4BrClN2/c8-5-2-1-3-11-7(5)6(9)4-10-11/h1-4H. The number of nitrogens with zero attached hydrogens (tertiary/aromatic N) is 2. The first-order chi connectivity index (χ1) is 5.29. The summed E-state index contributed by atoms with van der Waals surface area (Å²) in [5.41, 5.74) is 0.911. The second kappa shape index (κ2) is 2.50. The third kappa shape index (κ3) is 1.04. The summed E-state index contributed by atoms with van der Waals surface area (Å²) < 4.78 is 2.69. The Morgan fingerprint density at radius 3 is 3.09 bits per heavy atom. The van der Waals surface area contributed by atoms with Gasteiger partial charge in [0.2, 0.25) is 0 Å². The zero-order valence-electron chi connectivity index (χ0n) is 5.46. The normalized spacial score (nSPS) is 10.7. The van der Waals surface area contributed by atoms with E-state index in [1.807, 2.05) is 18.3 Å². The number of fused-ring (bicyclic) bond motifs is 1. The zero-order valence-corrected chi connectivity index (χ0v) is 7.80. The topological polar surface area (TPSA) is 17.3 Å². The SMILES string of the molecule is Clc1cnn2cccc(Br)c12. The molecule has 4 heteroatoms. The first-order valence-corrected chi connectivity index (χ1v) is 4.23. The molecular formula is C7H4BrClN2. The molecule has 56 valence electrons. The van der Waals surface area contributed by atoms with Crippen LogP contribution in [0.3, 0.4) is 0 Å². The fourth-order valence-electron chi connectivity index (χ4n) is 0.966. The third-order valence-corrected chi connectivity index (χ3v) is 2.36. The molecule has 0 unspecified atom stereocenters. The van der Waals surface area contributed by atoms with Gasteiger partial charge < -0.3 is 0 Å². The number of hydrogen-bond acceptors (Lipinski definition) is 1. The van der Waals surface area contributed by atoms with E-state index in [9.17, 15) is 0 Å². The van der Waals surface area contributed by atoms with Gasteiger partial charge >= 0.3 is 0 Å². The molecule has 0 aliphatic carbocycles. The smallest absolute Gasteiger partial charge is 0.0990 e. The molecular weight excluding hydrogens is 227 g/mol. The lowest BCUT2D eigenvalue weighted by molar-refractivity contribution is 0.958. The molecule has 0 aliphatic rings. The summed E-state index contributed by atoms with van der Waals surface area (Å²) in [6.45, 7) is 0. The highest BCUT2D eigenvalue weighted by Gasteiger charge is 2.03. The van der Waals surface area contributed by atoms with Crippen LogP contribution in [0.2, 0.25) is 5.02 Å². The summed E-state index contributed by atoms with van der Waals surface area (Å²) >= 11 is 9.25. The van der Waals surface area contributed by atoms with Crippen LogP contribution in [0.15, 0.2) is 29.0 Å². The van der Waals surface area contributed by atoms with Crippen LogP contribution in [-0.4, -0.2) is 9.61 Å². The fourth-order valence-corrected chi connectivity index (χ4v) is 1.86. The van der Waals surface area contributed by atoms with Crippen molar-refractivity contribution in [2.75, 3.05) is 0 Å². The summed E-state index contributed by atoms with van der Waals surface area (Å²) in [5.74, 6) is 0. The van der Waals surface area contributed by atoms with Crippen LogP contribution < -0.4 is 0 Å². The summed E-state index contributed by atoms with van der Waals surface area (Å²) in [7, 11) is 0. The van der Waals surface area contributed by atoms with E-state index in [4.69, 9.17) is 11.6 Å². The van der Waals surface area contributed by atoms with Crippen molar-refractivity contribution in [2.45, 2.75) is 0 Å². The molecule has 0 radical (unpaired) electrons. The Hall–Kier alpha value is -0.540. The van der Waals surface area contributed by atoms with E-state index in [1.54, 1.807) is 10.7 Å². The van der Waals surface area contributed by atoms with Crippen molar-refractivity contribution in [1.82, 2.24) is 9.61 Å². The quantitative estimate of drug-likeness (QED) is 0.681. The molecule has 2 rings (SSSR count). The van der Waals surface area contributed by atoms with Gasteiger partial charge in [-0.05, 0) is 28.1 Å². The molecule has 0 aromatic carbocycles. The monoisotopic (exact) mass is 230 g/mol. The average Bonchev–Trinajstić information content (AvgIpc) is 2.34. The number of hydrogen-bond donors (Lipinski definition) is 0. The largest absolute Gasteiger partial charge is 0.238 e. The van der Waals surface area contributed by atoms with E-state index in [-0.39, 0.29) is 0 Å². The van der Waals surface area contributed by atoms with Crippen LogP contribution in [0, 0.1) is 0 Å². The van der Waals surface area contributed by atoms with Gasteiger partial charge in [-0.25, -0.2) is 4.52 Å². The molecule has 2 heterocycles. The van der Waals surface area contributed by atoms with Crippen molar-refractivity contribution in [3.05, 3.63) is 34.0 Å². The molecule has 2 nitrogen and oxygen atoms in total. The number of halogens is 2. The molecule has 0 amide bonds. The predicted molar refractivity (Wildman–Crippen MR) is 47.9 cm³/mol. The average molecular weight is 231 g/mol. The van der Waals surface area contributed by atoms with Crippen LogP contribution in [0.25, 0.3) is 5.52 Å². The Kier molecular flexibility index (Phi) is 1.62. The van der Waals surface area contributed by atoms with Crippen molar-refractivity contribution in [3.8, 4) is 0 Å². The molecule has 0 spiro atoms. The van der Waals surface area contributed by atoms with Crippen LogP contribution in [-0.2, 0) is 0 Å². The third-order valence-electron chi connectivity index (χ3n) is 1.45. The Morgan fingerprint density at radius 1 is 1.55 bits per heavy atom. The molecule has 2 aromatic heterocycles. The molecule has 0 saturated heterocycles. The second-order valence-electron chi connectivity index (χ2n) is 2.14. The lowest BCUT2D eigenvalue weighted by Gasteiger charge is -1.94. The molecule has 2 aromatic rings. The number of rotatable bonds is 0. The highest BCUT2D eigenvalue weighted by atomic mass is 79.9. The van der Waals surface area contributed by atoms with Gasteiger partial charge in [0.25, 0.3) is 0 Å². The van der Waals surface area contributed by atoms with E-state index >= 15 is 0 Å². The van der Waals surface area contributed by atoms with Crippen molar-refractivity contribution in [3.63, 3.8) is 0 Å². The lowest BCUT2D eigenvalue weighted by Crippen LogP contribution is -1.84. The maximum atomic E-state index is 5.86. The molecule has 0 saturated carbocycles. The Bertz CT molecular complexity index is 396. The Morgan fingerprint density at radius 2 is 2.36 bits per heavy atom. The van der Waals surface area contributed by atoms with Crippen molar-refractivity contribution in [2.24, 2.45) is 0 Å².